The van der Waals surface area contributed by atoms with Crippen LogP contribution in [-0.2, 0) is 6.18 Å². The highest BCUT2D eigenvalue weighted by Gasteiger charge is 2.36. The lowest BCUT2D eigenvalue weighted by atomic mass is 10.3. The summed E-state index contributed by atoms with van der Waals surface area (Å²) >= 11 is -0.496. The van der Waals surface area contributed by atoms with Crippen LogP contribution >= 0.6 is 11.8 Å². The maximum atomic E-state index is 12.4. The molecule has 0 aliphatic rings. The second-order valence-corrected chi connectivity index (χ2v) is 4.39. The number of imidazole rings is 1. The molecule has 1 N–H and O–H groups in total. The standard InChI is InChI=1S/C9H4F6N2S/c10-8(11,12)7-16-4-2-1-3-5(6(4)17-7)18-9(13,14)15/h1-3H,(H,16,17). The first-order valence-corrected chi connectivity index (χ1v) is 5.30. The van der Waals surface area contributed by atoms with Crippen molar-refractivity contribution in [2.75, 3.05) is 0 Å². The molecule has 0 amide bonds. The van der Waals surface area contributed by atoms with E-state index >= 15 is 0 Å². The summed E-state index contributed by atoms with van der Waals surface area (Å²) in [6.07, 6.45) is -4.72. The van der Waals surface area contributed by atoms with Gasteiger partial charge in [-0.1, -0.05) is 6.07 Å². The van der Waals surface area contributed by atoms with Crippen molar-refractivity contribution >= 4 is 22.8 Å². The molecule has 2 aromatic rings. The van der Waals surface area contributed by atoms with Crippen LogP contribution in [0.25, 0.3) is 11.0 Å². The molecule has 0 spiro atoms. The molecule has 2 rings (SSSR count). The molecule has 1 aromatic carbocycles. The van der Waals surface area contributed by atoms with Gasteiger partial charge in [-0.05, 0) is 23.9 Å². The van der Waals surface area contributed by atoms with Crippen LogP contribution in [0.3, 0.4) is 0 Å². The van der Waals surface area contributed by atoms with Crippen LogP contribution in [0.2, 0.25) is 0 Å². The first kappa shape index (κ1) is 13.1. The molecule has 0 fully saturated rings. The number of thioether (sulfide) groups is 1. The Morgan fingerprint density at radius 2 is 1.72 bits per heavy atom. The maximum Gasteiger partial charge on any atom is 0.449 e. The Morgan fingerprint density at radius 1 is 1.06 bits per heavy atom. The summed E-state index contributed by atoms with van der Waals surface area (Å²) in [6, 6.07) is 3.54. The number of H-pyrrole nitrogens is 1. The normalized spacial score (nSPS) is 13.2. The highest BCUT2D eigenvalue weighted by molar-refractivity contribution is 8.00. The van der Waals surface area contributed by atoms with E-state index in [0.717, 1.165) is 6.07 Å². The number of rotatable bonds is 1. The number of nitrogens with one attached hydrogen (secondary N) is 1. The van der Waals surface area contributed by atoms with E-state index in [1.165, 1.54) is 12.1 Å². The van der Waals surface area contributed by atoms with Crippen molar-refractivity contribution in [3.63, 3.8) is 0 Å². The minimum absolute atomic E-state index is 0.0865. The van der Waals surface area contributed by atoms with E-state index in [1.807, 2.05) is 4.98 Å². The number of benzene rings is 1. The van der Waals surface area contributed by atoms with E-state index in [0.29, 0.717) is 0 Å². The number of hydrogen-bond acceptors (Lipinski definition) is 2. The van der Waals surface area contributed by atoms with E-state index < -0.39 is 29.3 Å². The van der Waals surface area contributed by atoms with Gasteiger partial charge in [-0.25, -0.2) is 4.98 Å². The number of para-hydroxylation sites is 1. The first-order valence-electron chi connectivity index (χ1n) is 4.48. The molecule has 2 nitrogen and oxygen atoms in total. The van der Waals surface area contributed by atoms with Crippen molar-refractivity contribution in [1.82, 2.24) is 9.97 Å². The third-order valence-corrected chi connectivity index (χ3v) is 2.75. The highest BCUT2D eigenvalue weighted by Crippen LogP contribution is 2.40. The third-order valence-electron chi connectivity index (χ3n) is 1.97. The van der Waals surface area contributed by atoms with Gasteiger partial charge in [0.1, 0.15) is 5.52 Å². The molecule has 0 atom stereocenters. The predicted molar refractivity (Wildman–Crippen MR) is 53.0 cm³/mol. The average molecular weight is 286 g/mol. The third kappa shape index (κ3) is 2.71. The molecule has 1 heterocycles. The van der Waals surface area contributed by atoms with Crippen LogP contribution in [0.1, 0.15) is 5.82 Å². The molecule has 0 aliphatic heterocycles. The fourth-order valence-corrected chi connectivity index (χ4v) is 2.00. The fourth-order valence-electron chi connectivity index (χ4n) is 1.35. The molecular weight excluding hydrogens is 282 g/mol. The average Bonchev–Trinajstić information content (AvgIpc) is 2.59. The van der Waals surface area contributed by atoms with Crippen molar-refractivity contribution < 1.29 is 26.3 Å². The van der Waals surface area contributed by atoms with E-state index in [-0.39, 0.29) is 15.9 Å². The van der Waals surface area contributed by atoms with Crippen molar-refractivity contribution in [2.45, 2.75) is 16.6 Å². The molecule has 0 saturated heterocycles. The van der Waals surface area contributed by atoms with E-state index in [2.05, 4.69) is 4.98 Å². The number of nitrogens with zero attached hydrogens (tertiary/aromatic N) is 1. The molecule has 0 saturated carbocycles. The smallest absolute Gasteiger partial charge is 0.334 e. The fraction of sp³-hybridized carbons (Fsp3) is 0.222. The lowest BCUT2D eigenvalue weighted by Crippen LogP contribution is -2.06. The van der Waals surface area contributed by atoms with Crippen molar-refractivity contribution in [2.24, 2.45) is 0 Å². The summed E-state index contributed by atoms with van der Waals surface area (Å²) < 4.78 is 73.8. The van der Waals surface area contributed by atoms with E-state index in [9.17, 15) is 26.3 Å². The summed E-state index contributed by atoms with van der Waals surface area (Å²) in [5.41, 5.74) is -5.00. The van der Waals surface area contributed by atoms with Gasteiger partial charge in [-0.3, -0.25) is 0 Å². The number of alkyl halides is 6. The quantitative estimate of drug-likeness (QED) is 0.629. The number of aromatic amines is 1. The second kappa shape index (κ2) is 4.08. The summed E-state index contributed by atoms with van der Waals surface area (Å²) in [6.45, 7) is 0. The Bertz CT molecular complexity index is 570. The monoisotopic (exact) mass is 286 g/mol. The topological polar surface area (TPSA) is 28.7 Å². The van der Waals surface area contributed by atoms with E-state index in [4.69, 9.17) is 0 Å². The number of hydrogen-bond donors (Lipinski definition) is 1. The van der Waals surface area contributed by atoms with Crippen LogP contribution < -0.4 is 0 Å². The maximum absolute atomic E-state index is 12.4. The van der Waals surface area contributed by atoms with Gasteiger partial charge in [-0.2, -0.15) is 26.3 Å². The van der Waals surface area contributed by atoms with Gasteiger partial charge < -0.3 is 4.98 Å². The van der Waals surface area contributed by atoms with Gasteiger partial charge in [0.25, 0.3) is 0 Å². The van der Waals surface area contributed by atoms with Crippen molar-refractivity contribution in [3.05, 3.63) is 24.0 Å². The van der Waals surface area contributed by atoms with Gasteiger partial charge in [-0.15, -0.1) is 0 Å². The molecule has 0 bridgehead atoms. The van der Waals surface area contributed by atoms with Gasteiger partial charge in [0.2, 0.25) is 5.82 Å². The van der Waals surface area contributed by atoms with Gasteiger partial charge >= 0.3 is 11.7 Å². The van der Waals surface area contributed by atoms with Crippen LogP contribution in [0.4, 0.5) is 26.3 Å². The summed E-state index contributed by atoms with van der Waals surface area (Å²) in [5.74, 6) is -1.31. The largest absolute Gasteiger partial charge is 0.449 e. The van der Waals surface area contributed by atoms with Gasteiger partial charge in [0, 0.05) is 4.90 Å². The Labute approximate surface area is 100 Å². The number of aromatic nitrogens is 2. The minimum atomic E-state index is -4.72. The molecule has 0 unspecified atom stereocenters. The molecule has 0 aliphatic carbocycles. The molecule has 0 radical (unpaired) electrons. The summed E-state index contributed by atoms with van der Waals surface area (Å²) in [5, 5.41) is 0. The lowest BCUT2D eigenvalue weighted by molar-refractivity contribution is -0.144. The SMILES string of the molecule is FC(F)(F)Sc1cccc2[nH]c(C(F)(F)F)nc12. The zero-order chi connectivity index (χ0) is 13.6. The Kier molecular flexibility index (Phi) is 2.96. The van der Waals surface area contributed by atoms with Gasteiger partial charge in [0.05, 0.1) is 5.52 Å². The van der Waals surface area contributed by atoms with Gasteiger partial charge in [0.15, 0.2) is 0 Å². The van der Waals surface area contributed by atoms with Crippen LogP contribution in [-0.4, -0.2) is 15.5 Å². The molecular formula is C9H4F6N2S. The van der Waals surface area contributed by atoms with Crippen LogP contribution in [0.15, 0.2) is 23.1 Å². The number of halogens is 6. The predicted octanol–water partition coefficient (Wildman–Crippen LogP) is 4.19. The van der Waals surface area contributed by atoms with Crippen LogP contribution in [0, 0.1) is 0 Å². The zero-order valence-corrected chi connectivity index (χ0v) is 9.17. The number of fused-ring (bicyclic) bond motifs is 1. The molecule has 9 heteroatoms. The van der Waals surface area contributed by atoms with E-state index in [1.54, 1.807) is 0 Å². The molecule has 98 valence electrons. The summed E-state index contributed by atoms with van der Waals surface area (Å²) in [4.78, 5) is 4.74. The first-order chi connectivity index (χ1) is 8.17. The Hall–Kier alpha value is -1.38. The Morgan fingerprint density at radius 3 is 2.28 bits per heavy atom. The lowest BCUT2D eigenvalue weighted by Gasteiger charge is -2.05. The molecule has 18 heavy (non-hydrogen) atoms. The highest BCUT2D eigenvalue weighted by atomic mass is 32.2. The molecule has 1 aromatic heterocycles. The van der Waals surface area contributed by atoms with Crippen molar-refractivity contribution in [3.8, 4) is 0 Å². The summed E-state index contributed by atoms with van der Waals surface area (Å²) in [7, 11) is 0. The second-order valence-electron chi connectivity index (χ2n) is 3.28. The van der Waals surface area contributed by atoms with Crippen LogP contribution in [0.5, 0.6) is 0 Å². The minimum Gasteiger partial charge on any atom is -0.334 e. The zero-order valence-electron chi connectivity index (χ0n) is 8.36. The Balaban J connectivity index is 2.53. The van der Waals surface area contributed by atoms with Crippen molar-refractivity contribution in [1.29, 1.82) is 0 Å².